The van der Waals surface area contributed by atoms with Gasteiger partial charge in [0.15, 0.2) is 18.2 Å². The minimum atomic E-state index is -0.566. The molecule has 2 atom stereocenters. The number of carbonyl (C=O) groups excluding carboxylic acids is 2. The third-order valence-corrected chi connectivity index (χ3v) is 7.70. The lowest BCUT2D eigenvalue weighted by atomic mass is 9.88. The Balaban J connectivity index is 1.49. The predicted molar refractivity (Wildman–Crippen MR) is 133 cm³/mol. The maximum Gasteiger partial charge on any atom is 0.223 e. The van der Waals surface area contributed by atoms with Crippen molar-refractivity contribution in [2.45, 2.75) is 5.38 Å². The molecule has 33 heavy (non-hydrogen) atoms. The molecule has 0 bridgehead atoms. The fraction of sp³-hybridized carbons (Fsp3) is 0.375. The summed E-state index contributed by atoms with van der Waals surface area (Å²) in [6, 6.07) is 8.88. The van der Waals surface area contributed by atoms with Gasteiger partial charge in [0.05, 0.1) is 11.6 Å². The molecule has 0 saturated carbocycles. The molecule has 1 fully saturated rings. The van der Waals surface area contributed by atoms with Gasteiger partial charge in [-0.05, 0) is 6.08 Å². The van der Waals surface area contributed by atoms with E-state index in [1.54, 1.807) is 43.5 Å². The lowest BCUT2D eigenvalue weighted by molar-refractivity contribution is 0.0907. The highest BCUT2D eigenvalue weighted by Crippen LogP contribution is 2.36. The van der Waals surface area contributed by atoms with Crippen LogP contribution < -0.4 is 4.74 Å². The molecule has 0 amide bonds. The number of carbonyl (C=O) groups is 2. The van der Waals surface area contributed by atoms with Crippen molar-refractivity contribution in [1.29, 1.82) is 0 Å². The smallest absolute Gasteiger partial charge is 0.223 e. The van der Waals surface area contributed by atoms with Gasteiger partial charge in [0, 0.05) is 60.3 Å². The summed E-state index contributed by atoms with van der Waals surface area (Å²) in [7, 11) is 1.67. The quantitative estimate of drug-likeness (QED) is 0.395. The number of alkyl halides is 1. The molecule has 1 saturated heterocycles. The third-order valence-electron chi connectivity index (χ3n) is 5.81. The molecular weight excluding hydrogens is 481 g/mol. The average Bonchev–Trinajstić information content (AvgIpc) is 3.21. The average molecular weight is 506 g/mol. The molecular formula is C24H25Cl2N3O3S. The molecule has 2 unspecified atom stereocenters. The molecule has 2 heterocycles. The summed E-state index contributed by atoms with van der Waals surface area (Å²) in [4.78, 5) is 28.2. The maximum atomic E-state index is 13.4. The molecule has 0 N–H and O–H groups in total. The van der Waals surface area contributed by atoms with Crippen molar-refractivity contribution in [2.24, 2.45) is 13.0 Å². The summed E-state index contributed by atoms with van der Waals surface area (Å²) < 4.78 is 7.20. The van der Waals surface area contributed by atoms with Gasteiger partial charge in [-0.2, -0.15) is 16.9 Å². The SMILES string of the molecule is Cn1ncc(C(=O)C2=CC=C(Cl)C(CN3CCSCC3)C2Cl)c1OCC(=O)c1ccccc1. The maximum absolute atomic E-state index is 13.4. The second-order valence-corrected chi connectivity index (χ2v) is 10.1. The van der Waals surface area contributed by atoms with Crippen LogP contribution in [-0.2, 0) is 7.05 Å². The molecule has 0 spiro atoms. The number of aryl methyl sites for hydroxylation is 1. The first-order chi connectivity index (χ1) is 16.0. The molecule has 174 valence electrons. The van der Waals surface area contributed by atoms with E-state index in [0.29, 0.717) is 22.7 Å². The number of rotatable bonds is 8. The standard InChI is InChI=1S/C24H25Cl2N3O3S/c1-28-24(32-15-21(30)16-5-3-2-4-6-16)18(13-27-28)23(31)17-7-8-20(25)19(22(17)26)14-29-9-11-33-12-10-29/h2-8,13,19,22H,9-12,14-15H2,1H3. The van der Waals surface area contributed by atoms with E-state index in [1.165, 1.54) is 10.9 Å². The van der Waals surface area contributed by atoms with E-state index in [1.807, 2.05) is 17.8 Å². The number of ketones is 2. The van der Waals surface area contributed by atoms with Crippen LogP contribution in [0.3, 0.4) is 0 Å². The fourth-order valence-electron chi connectivity index (χ4n) is 3.93. The number of ether oxygens (including phenoxy) is 1. The number of aromatic nitrogens is 2. The van der Waals surface area contributed by atoms with Gasteiger partial charge in [0.1, 0.15) is 5.56 Å². The Bertz CT molecular complexity index is 1080. The molecule has 6 nitrogen and oxygen atoms in total. The van der Waals surface area contributed by atoms with Crippen molar-refractivity contribution in [3.05, 3.63) is 70.4 Å². The van der Waals surface area contributed by atoms with Gasteiger partial charge < -0.3 is 9.64 Å². The molecule has 2 aromatic rings. The zero-order valence-corrected chi connectivity index (χ0v) is 20.6. The highest BCUT2D eigenvalue weighted by molar-refractivity contribution is 7.99. The molecule has 4 rings (SSSR count). The van der Waals surface area contributed by atoms with Crippen LogP contribution in [0.25, 0.3) is 0 Å². The largest absolute Gasteiger partial charge is 0.469 e. The van der Waals surface area contributed by atoms with E-state index < -0.39 is 5.38 Å². The van der Waals surface area contributed by atoms with Crippen molar-refractivity contribution in [3.63, 3.8) is 0 Å². The number of allylic oxidation sites excluding steroid dienone is 3. The van der Waals surface area contributed by atoms with Crippen LogP contribution in [0.5, 0.6) is 5.88 Å². The summed E-state index contributed by atoms with van der Waals surface area (Å²) >= 11 is 15.2. The van der Waals surface area contributed by atoms with Crippen LogP contribution in [0, 0.1) is 5.92 Å². The predicted octanol–water partition coefficient (Wildman–Crippen LogP) is 4.20. The zero-order chi connectivity index (χ0) is 23.4. The normalized spacial score (nSPS) is 21.3. The number of benzene rings is 1. The second kappa shape index (κ2) is 10.9. The van der Waals surface area contributed by atoms with E-state index in [2.05, 4.69) is 10.00 Å². The molecule has 1 aromatic carbocycles. The number of hydrogen-bond donors (Lipinski definition) is 0. The fourth-order valence-corrected chi connectivity index (χ4v) is 5.62. The van der Waals surface area contributed by atoms with Gasteiger partial charge in [0.25, 0.3) is 0 Å². The van der Waals surface area contributed by atoms with Crippen LogP contribution in [0.1, 0.15) is 20.7 Å². The minimum Gasteiger partial charge on any atom is -0.469 e. The van der Waals surface area contributed by atoms with Gasteiger partial charge in [-0.15, -0.1) is 11.6 Å². The Hall–Kier alpha value is -2.06. The Morgan fingerprint density at radius 2 is 1.91 bits per heavy atom. The minimum absolute atomic E-state index is 0.166. The number of thioether (sulfide) groups is 1. The molecule has 0 radical (unpaired) electrons. The topological polar surface area (TPSA) is 64.4 Å². The van der Waals surface area contributed by atoms with Crippen LogP contribution in [0.4, 0.5) is 0 Å². The molecule has 1 aliphatic carbocycles. The zero-order valence-electron chi connectivity index (χ0n) is 18.2. The highest BCUT2D eigenvalue weighted by Gasteiger charge is 2.35. The number of hydrogen-bond acceptors (Lipinski definition) is 6. The lowest BCUT2D eigenvalue weighted by Gasteiger charge is -2.33. The Labute approximate surface area is 207 Å². The van der Waals surface area contributed by atoms with Crippen molar-refractivity contribution < 1.29 is 14.3 Å². The Kier molecular flexibility index (Phi) is 7.96. The number of nitrogens with zero attached hydrogens (tertiary/aromatic N) is 3. The van der Waals surface area contributed by atoms with Crippen molar-refractivity contribution in [2.75, 3.05) is 37.7 Å². The summed E-state index contributed by atoms with van der Waals surface area (Å²) in [5.74, 6) is 1.78. The van der Waals surface area contributed by atoms with Crippen LogP contribution in [0.2, 0.25) is 0 Å². The molecule has 1 aliphatic heterocycles. The van der Waals surface area contributed by atoms with E-state index >= 15 is 0 Å². The van der Waals surface area contributed by atoms with Crippen LogP contribution >= 0.6 is 35.0 Å². The first kappa shape index (κ1) is 24.1. The van der Waals surface area contributed by atoms with Gasteiger partial charge in [-0.1, -0.05) is 48.0 Å². The van der Waals surface area contributed by atoms with Crippen molar-refractivity contribution in [1.82, 2.24) is 14.7 Å². The summed E-state index contributed by atoms with van der Waals surface area (Å²) in [6.07, 6.45) is 4.88. The third kappa shape index (κ3) is 5.54. The second-order valence-electron chi connectivity index (χ2n) is 7.99. The van der Waals surface area contributed by atoms with Crippen LogP contribution in [0.15, 0.2) is 59.3 Å². The Morgan fingerprint density at radius 3 is 2.64 bits per heavy atom. The van der Waals surface area contributed by atoms with E-state index in [4.69, 9.17) is 27.9 Å². The summed E-state index contributed by atoms with van der Waals surface area (Å²) in [6.45, 7) is 2.47. The summed E-state index contributed by atoms with van der Waals surface area (Å²) in [5, 5.41) is 4.26. The number of Topliss-reactive ketones (excluding diaryl/α,β-unsaturated/α-hetero) is 2. The van der Waals surface area contributed by atoms with Crippen molar-refractivity contribution >= 4 is 46.5 Å². The van der Waals surface area contributed by atoms with E-state index in [-0.39, 0.29) is 35.5 Å². The Morgan fingerprint density at radius 1 is 1.18 bits per heavy atom. The van der Waals surface area contributed by atoms with Gasteiger partial charge >= 0.3 is 0 Å². The lowest BCUT2D eigenvalue weighted by Crippen LogP contribution is -2.40. The van der Waals surface area contributed by atoms with Gasteiger partial charge in [-0.3, -0.25) is 9.59 Å². The van der Waals surface area contributed by atoms with Gasteiger partial charge in [0.2, 0.25) is 5.88 Å². The van der Waals surface area contributed by atoms with E-state index in [0.717, 1.165) is 24.6 Å². The molecule has 2 aliphatic rings. The number of halogens is 2. The molecule has 1 aromatic heterocycles. The van der Waals surface area contributed by atoms with Gasteiger partial charge in [-0.25, -0.2) is 4.68 Å². The van der Waals surface area contributed by atoms with E-state index in [9.17, 15) is 9.59 Å². The first-order valence-electron chi connectivity index (χ1n) is 10.7. The van der Waals surface area contributed by atoms with Crippen LogP contribution in [-0.4, -0.2) is 69.4 Å². The molecule has 9 heteroatoms. The first-order valence-corrected chi connectivity index (χ1v) is 12.7. The highest BCUT2D eigenvalue weighted by atomic mass is 35.5. The monoisotopic (exact) mass is 505 g/mol. The van der Waals surface area contributed by atoms with Crippen molar-refractivity contribution in [3.8, 4) is 5.88 Å². The summed E-state index contributed by atoms with van der Waals surface area (Å²) in [5.41, 5.74) is 1.27.